The molecule has 2 aromatic rings. The van der Waals surface area contributed by atoms with Crippen LogP contribution in [0.2, 0.25) is 0 Å². The molecule has 1 atom stereocenters. The van der Waals surface area contributed by atoms with E-state index in [2.05, 4.69) is 15.9 Å². The molecular weight excluding hydrogens is 362 g/mol. The van der Waals surface area contributed by atoms with Gasteiger partial charge >= 0.3 is 0 Å². The minimum atomic E-state index is -2.96. The van der Waals surface area contributed by atoms with Crippen molar-refractivity contribution in [2.45, 2.75) is 17.9 Å². The van der Waals surface area contributed by atoms with Crippen molar-refractivity contribution < 1.29 is 13.9 Å². The third kappa shape index (κ3) is 3.14. The van der Waals surface area contributed by atoms with Crippen LogP contribution in [0.5, 0.6) is 0 Å². The third-order valence-corrected chi connectivity index (χ3v) is 4.51. The molecule has 4 heteroatoms. The van der Waals surface area contributed by atoms with Crippen LogP contribution >= 0.6 is 15.9 Å². The zero-order valence-corrected chi connectivity index (χ0v) is 13.8. The molecule has 0 saturated heterocycles. The molecule has 1 N–H and O–H groups in total. The van der Waals surface area contributed by atoms with Crippen LogP contribution in [0.25, 0.3) is 0 Å². The molecule has 0 saturated carbocycles. The summed E-state index contributed by atoms with van der Waals surface area (Å²) in [6.07, 6.45) is 3.24. The first-order chi connectivity index (χ1) is 10.9. The first kappa shape index (κ1) is 16.1. The maximum absolute atomic E-state index is 13.8. The summed E-state index contributed by atoms with van der Waals surface area (Å²) in [4.78, 5) is 0. The van der Waals surface area contributed by atoms with Gasteiger partial charge in [-0.25, -0.2) is 8.78 Å². The van der Waals surface area contributed by atoms with E-state index in [1.54, 1.807) is 54.6 Å². The summed E-state index contributed by atoms with van der Waals surface area (Å²) in [5, 5.41) is 11.5. The van der Waals surface area contributed by atoms with Crippen molar-refractivity contribution in [1.29, 1.82) is 0 Å². The van der Waals surface area contributed by atoms with E-state index in [9.17, 15) is 13.9 Å². The smallest absolute Gasteiger partial charge is 0.270 e. The van der Waals surface area contributed by atoms with Gasteiger partial charge in [0.05, 0.1) is 0 Å². The molecule has 1 aliphatic carbocycles. The van der Waals surface area contributed by atoms with Crippen molar-refractivity contribution in [3.63, 3.8) is 0 Å². The molecule has 0 bridgehead atoms. The number of aliphatic hydroxyl groups is 1. The Labute approximate surface area is 142 Å². The van der Waals surface area contributed by atoms with Crippen molar-refractivity contribution >= 4 is 15.9 Å². The fourth-order valence-corrected chi connectivity index (χ4v) is 3.10. The number of halogens is 3. The fraction of sp³-hybridized carbons (Fsp3) is 0.158. The van der Waals surface area contributed by atoms with E-state index in [4.69, 9.17) is 0 Å². The van der Waals surface area contributed by atoms with Crippen LogP contribution in [0.4, 0.5) is 8.78 Å². The Hall–Kier alpha value is -1.78. The third-order valence-electron chi connectivity index (χ3n) is 3.98. The minimum Gasteiger partial charge on any atom is -0.376 e. The van der Waals surface area contributed by atoms with E-state index in [1.807, 2.05) is 6.07 Å². The number of hydrogen-bond acceptors (Lipinski definition) is 1. The van der Waals surface area contributed by atoms with Crippen LogP contribution in [0.3, 0.4) is 0 Å². The van der Waals surface area contributed by atoms with Gasteiger partial charge in [-0.3, -0.25) is 0 Å². The van der Waals surface area contributed by atoms with Crippen molar-refractivity contribution in [2.24, 2.45) is 0 Å². The van der Waals surface area contributed by atoms with Gasteiger partial charge in [-0.15, -0.1) is 0 Å². The molecule has 0 amide bonds. The summed E-state index contributed by atoms with van der Waals surface area (Å²) in [5.74, 6) is -2.96. The highest BCUT2D eigenvalue weighted by atomic mass is 79.9. The van der Waals surface area contributed by atoms with Gasteiger partial charge in [0.1, 0.15) is 5.60 Å². The molecular formula is C19H15BrF2O. The van der Waals surface area contributed by atoms with Crippen molar-refractivity contribution in [3.8, 4) is 0 Å². The van der Waals surface area contributed by atoms with Gasteiger partial charge in [0.15, 0.2) is 0 Å². The highest BCUT2D eigenvalue weighted by molar-refractivity contribution is 9.10. The van der Waals surface area contributed by atoms with Gasteiger partial charge in [0.2, 0.25) is 0 Å². The lowest BCUT2D eigenvalue weighted by molar-refractivity contribution is 0.0336. The lowest BCUT2D eigenvalue weighted by Gasteiger charge is -2.34. The van der Waals surface area contributed by atoms with E-state index in [0.717, 1.165) is 10.5 Å². The summed E-state index contributed by atoms with van der Waals surface area (Å²) in [6, 6.07) is 16.0. The van der Waals surface area contributed by atoms with Gasteiger partial charge in [-0.1, -0.05) is 70.5 Å². The lowest BCUT2D eigenvalue weighted by atomic mass is 9.76. The van der Waals surface area contributed by atoms with Crippen LogP contribution in [-0.2, 0) is 5.60 Å². The second-order valence-electron chi connectivity index (χ2n) is 5.57. The number of hydrogen-bond donors (Lipinski definition) is 1. The van der Waals surface area contributed by atoms with Crippen LogP contribution in [0, 0.1) is 0 Å². The van der Waals surface area contributed by atoms with Gasteiger partial charge in [0.25, 0.3) is 5.92 Å². The van der Waals surface area contributed by atoms with Crippen LogP contribution < -0.4 is 0 Å². The first-order valence-electron chi connectivity index (χ1n) is 7.22. The second kappa shape index (κ2) is 6.02. The maximum Gasteiger partial charge on any atom is 0.270 e. The summed E-state index contributed by atoms with van der Waals surface area (Å²) in [7, 11) is 0. The summed E-state index contributed by atoms with van der Waals surface area (Å²) < 4.78 is 28.5. The largest absolute Gasteiger partial charge is 0.376 e. The molecule has 0 fully saturated rings. The molecule has 0 radical (unpaired) electrons. The van der Waals surface area contributed by atoms with E-state index in [0.29, 0.717) is 11.1 Å². The molecule has 23 heavy (non-hydrogen) atoms. The normalized spacial score (nSPS) is 19.0. The average Bonchev–Trinajstić information content (AvgIpc) is 2.54. The summed E-state index contributed by atoms with van der Waals surface area (Å²) in [6.45, 7) is 0. The van der Waals surface area contributed by atoms with E-state index < -0.39 is 17.9 Å². The Balaban J connectivity index is 2.17. The second-order valence-corrected chi connectivity index (χ2v) is 6.49. The minimum absolute atomic E-state index is 0.276. The molecule has 0 heterocycles. The number of benzene rings is 2. The Kier molecular flexibility index (Phi) is 4.21. The Bertz CT molecular complexity index is 751. The molecule has 0 aliphatic heterocycles. The van der Waals surface area contributed by atoms with Gasteiger partial charge in [-0.05, 0) is 34.9 Å². The molecule has 2 aromatic carbocycles. The number of rotatable bonds is 3. The van der Waals surface area contributed by atoms with E-state index in [-0.39, 0.29) is 5.57 Å². The molecule has 3 rings (SSSR count). The summed E-state index contributed by atoms with van der Waals surface area (Å²) >= 11 is 3.36. The van der Waals surface area contributed by atoms with Crippen molar-refractivity contribution in [3.05, 3.63) is 94.0 Å². The van der Waals surface area contributed by atoms with E-state index in [1.165, 1.54) is 6.08 Å². The highest BCUT2D eigenvalue weighted by Crippen LogP contribution is 2.43. The predicted molar refractivity (Wildman–Crippen MR) is 90.4 cm³/mol. The standard InChI is InChI=1S/C19H15BrF2O/c20-17-10-8-15(9-11-17)19(23,14-5-2-1-3-6-14)16-7-4-12-18(21,22)13-16/h1-12,23H,13H2/t19-/m0/s1. The van der Waals surface area contributed by atoms with Gasteiger partial charge in [-0.2, -0.15) is 0 Å². The van der Waals surface area contributed by atoms with Crippen LogP contribution in [-0.4, -0.2) is 11.0 Å². The van der Waals surface area contributed by atoms with E-state index >= 15 is 0 Å². The summed E-state index contributed by atoms with van der Waals surface area (Å²) in [5.41, 5.74) is -0.182. The monoisotopic (exact) mass is 376 g/mol. The predicted octanol–water partition coefficient (Wildman–Crippen LogP) is 5.21. The molecule has 0 spiro atoms. The van der Waals surface area contributed by atoms with Crippen molar-refractivity contribution in [1.82, 2.24) is 0 Å². The number of allylic oxidation sites excluding steroid dienone is 3. The molecule has 1 nitrogen and oxygen atoms in total. The van der Waals surface area contributed by atoms with Gasteiger partial charge < -0.3 is 5.11 Å². The van der Waals surface area contributed by atoms with Crippen molar-refractivity contribution in [2.75, 3.05) is 0 Å². The topological polar surface area (TPSA) is 20.2 Å². The highest BCUT2D eigenvalue weighted by Gasteiger charge is 2.41. The Morgan fingerprint density at radius 1 is 0.957 bits per heavy atom. The maximum atomic E-state index is 13.8. The molecule has 1 aliphatic rings. The zero-order valence-electron chi connectivity index (χ0n) is 12.2. The molecule has 0 aromatic heterocycles. The lowest BCUT2D eigenvalue weighted by Crippen LogP contribution is -2.34. The van der Waals surface area contributed by atoms with Crippen LogP contribution in [0.1, 0.15) is 17.5 Å². The average molecular weight is 377 g/mol. The fourth-order valence-electron chi connectivity index (χ4n) is 2.83. The first-order valence-corrected chi connectivity index (χ1v) is 8.02. The van der Waals surface area contributed by atoms with Crippen LogP contribution in [0.15, 0.2) is 82.9 Å². The van der Waals surface area contributed by atoms with Gasteiger partial charge in [0, 0.05) is 10.9 Å². The quantitative estimate of drug-likeness (QED) is 0.779. The molecule has 0 unspecified atom stereocenters. The Morgan fingerprint density at radius 2 is 1.57 bits per heavy atom. The molecule has 118 valence electrons. The zero-order chi connectivity index (χ0) is 16.5. The Morgan fingerprint density at radius 3 is 2.17 bits per heavy atom. The number of alkyl halides is 2. The SMILES string of the molecule is O[C@@](C1=CC=CC(F)(F)C1)(c1ccccc1)c1ccc(Br)cc1.